The van der Waals surface area contributed by atoms with Crippen LogP contribution in [0, 0.1) is 0 Å². The van der Waals surface area contributed by atoms with Crippen LogP contribution in [-0.4, -0.2) is 40.3 Å². The Labute approximate surface area is 130 Å². The number of amides is 1. The van der Waals surface area contributed by atoms with Crippen LogP contribution in [0.15, 0.2) is 24.3 Å². The van der Waals surface area contributed by atoms with E-state index in [0.717, 1.165) is 11.8 Å². The Morgan fingerprint density at radius 1 is 1.43 bits per heavy atom. The molecule has 1 amide bonds. The van der Waals surface area contributed by atoms with Crippen molar-refractivity contribution in [3.05, 3.63) is 29.8 Å². The van der Waals surface area contributed by atoms with Crippen LogP contribution in [-0.2, 0) is 26.1 Å². The van der Waals surface area contributed by atoms with Crippen molar-refractivity contribution in [3.63, 3.8) is 0 Å². The van der Waals surface area contributed by atoms with Gasteiger partial charge in [0.05, 0.1) is 12.9 Å². The third-order valence-corrected chi connectivity index (χ3v) is 2.99. The maximum atomic E-state index is 11.6. The Bertz CT molecular complexity index is 565. The highest BCUT2D eigenvalue weighted by molar-refractivity contribution is 7.92. The lowest BCUT2D eigenvalue weighted by Crippen LogP contribution is -2.43. The maximum absolute atomic E-state index is 11.6. The number of ether oxygens (including phenoxy) is 1. The van der Waals surface area contributed by atoms with Gasteiger partial charge in [0.15, 0.2) is 0 Å². The lowest BCUT2D eigenvalue weighted by molar-refractivity contribution is -0.123. The molecule has 0 bridgehead atoms. The number of carbonyl (C=O) groups is 1. The van der Waals surface area contributed by atoms with Crippen LogP contribution in [0.4, 0.5) is 5.69 Å². The number of nitrogens with one attached hydrogen (secondary N) is 2. The number of nitrogens with two attached hydrogens (primary N) is 1. The molecule has 1 atom stereocenters. The van der Waals surface area contributed by atoms with Crippen molar-refractivity contribution in [1.82, 2.24) is 5.32 Å². The number of hydrogen-bond acceptors (Lipinski definition) is 5. The molecule has 1 rings (SSSR count). The Morgan fingerprint density at radius 2 is 2.10 bits per heavy atom. The van der Waals surface area contributed by atoms with E-state index in [1.165, 1.54) is 7.11 Å². The summed E-state index contributed by atoms with van der Waals surface area (Å²) >= 11 is 0. The smallest absolute Gasteiger partial charge is 0.239 e. The molecule has 4 N–H and O–H groups in total. The van der Waals surface area contributed by atoms with Gasteiger partial charge in [0.1, 0.15) is 6.04 Å². The quantitative estimate of drug-likeness (QED) is 0.652. The third-order valence-electron chi connectivity index (χ3n) is 2.38. The van der Waals surface area contributed by atoms with E-state index in [1.54, 1.807) is 24.3 Å². The molecule has 21 heavy (non-hydrogen) atoms. The zero-order valence-electron chi connectivity index (χ0n) is 11.8. The monoisotopic (exact) mass is 337 g/mol. The van der Waals surface area contributed by atoms with Gasteiger partial charge in [-0.05, 0) is 17.7 Å². The van der Waals surface area contributed by atoms with Gasteiger partial charge in [-0.1, -0.05) is 12.1 Å². The van der Waals surface area contributed by atoms with Gasteiger partial charge in [0.25, 0.3) is 0 Å². The molecule has 1 aromatic carbocycles. The van der Waals surface area contributed by atoms with Gasteiger partial charge >= 0.3 is 0 Å². The summed E-state index contributed by atoms with van der Waals surface area (Å²) < 4.78 is 29.4. The second kappa shape index (κ2) is 8.83. The lowest BCUT2D eigenvalue weighted by Gasteiger charge is -2.12. The molecule has 0 fully saturated rings. The van der Waals surface area contributed by atoms with Gasteiger partial charge < -0.3 is 15.8 Å². The van der Waals surface area contributed by atoms with E-state index in [4.69, 9.17) is 10.5 Å². The first-order valence-electron chi connectivity index (χ1n) is 5.91. The standard InChI is InChI=1S/C12H19N3O4S.ClH/c1-19-8-11(13)12(16)14-7-9-4-3-5-10(6-9)15-20(2,17)18;/h3-6,11,15H,7-8,13H2,1-2H3,(H,14,16);1H. The average molecular weight is 338 g/mol. The summed E-state index contributed by atoms with van der Waals surface area (Å²) in [6.45, 7) is 0.400. The SMILES string of the molecule is COCC(N)C(=O)NCc1cccc(NS(C)(=O)=O)c1.Cl. The van der Waals surface area contributed by atoms with Crippen LogP contribution < -0.4 is 15.8 Å². The molecule has 0 saturated heterocycles. The van der Waals surface area contributed by atoms with Crippen molar-refractivity contribution in [3.8, 4) is 0 Å². The van der Waals surface area contributed by atoms with E-state index in [1.807, 2.05) is 0 Å². The molecule has 0 saturated carbocycles. The van der Waals surface area contributed by atoms with E-state index >= 15 is 0 Å². The number of carbonyl (C=O) groups excluding carboxylic acids is 1. The first kappa shape index (κ1) is 19.7. The molecule has 7 nitrogen and oxygen atoms in total. The van der Waals surface area contributed by atoms with Gasteiger partial charge in [-0.3, -0.25) is 9.52 Å². The molecule has 0 aliphatic carbocycles. The van der Waals surface area contributed by atoms with Crippen molar-refractivity contribution in [2.75, 3.05) is 24.7 Å². The van der Waals surface area contributed by atoms with E-state index in [9.17, 15) is 13.2 Å². The Kier molecular flexibility index (Phi) is 8.26. The number of benzene rings is 1. The van der Waals surface area contributed by atoms with Crippen molar-refractivity contribution in [2.45, 2.75) is 12.6 Å². The third kappa shape index (κ3) is 7.86. The van der Waals surface area contributed by atoms with Crippen LogP contribution in [0.25, 0.3) is 0 Å². The Balaban J connectivity index is 0.00000400. The summed E-state index contributed by atoms with van der Waals surface area (Å²) in [5.41, 5.74) is 6.78. The summed E-state index contributed by atoms with van der Waals surface area (Å²) in [7, 11) is -1.85. The largest absolute Gasteiger partial charge is 0.383 e. The van der Waals surface area contributed by atoms with Crippen molar-refractivity contribution in [1.29, 1.82) is 0 Å². The molecule has 120 valence electrons. The second-order valence-corrected chi connectivity index (χ2v) is 6.10. The minimum atomic E-state index is -3.32. The highest BCUT2D eigenvalue weighted by Crippen LogP contribution is 2.11. The van der Waals surface area contributed by atoms with Gasteiger partial charge in [0, 0.05) is 19.3 Å². The fraction of sp³-hybridized carbons (Fsp3) is 0.417. The zero-order chi connectivity index (χ0) is 15.2. The highest BCUT2D eigenvalue weighted by atomic mass is 35.5. The molecule has 1 unspecified atom stereocenters. The highest BCUT2D eigenvalue weighted by Gasteiger charge is 2.12. The summed E-state index contributed by atoms with van der Waals surface area (Å²) in [6.07, 6.45) is 1.07. The molecule has 0 radical (unpaired) electrons. The van der Waals surface area contributed by atoms with Gasteiger partial charge in [-0.25, -0.2) is 8.42 Å². The second-order valence-electron chi connectivity index (χ2n) is 4.35. The van der Waals surface area contributed by atoms with Crippen molar-refractivity contribution in [2.24, 2.45) is 5.73 Å². The summed E-state index contributed by atoms with van der Waals surface area (Å²) in [5, 5.41) is 2.65. The molecular formula is C12H20ClN3O4S. The molecule has 0 spiro atoms. The predicted octanol–water partition coefficient (Wildman–Crippen LogP) is 0.0698. The molecule has 0 heterocycles. The van der Waals surface area contributed by atoms with Crippen LogP contribution in [0.1, 0.15) is 5.56 Å². The van der Waals surface area contributed by atoms with Gasteiger partial charge in [-0.15, -0.1) is 12.4 Å². The molecule has 0 aromatic heterocycles. The number of hydrogen-bond donors (Lipinski definition) is 3. The summed E-state index contributed by atoms with van der Waals surface area (Å²) in [5.74, 6) is -0.326. The van der Waals surface area contributed by atoms with E-state index in [-0.39, 0.29) is 31.5 Å². The van der Waals surface area contributed by atoms with Crippen molar-refractivity contribution < 1.29 is 17.9 Å². The van der Waals surface area contributed by atoms with Crippen LogP contribution in [0.2, 0.25) is 0 Å². The molecule has 0 aliphatic rings. The number of anilines is 1. The number of sulfonamides is 1. The minimum Gasteiger partial charge on any atom is -0.383 e. The molecule has 1 aromatic rings. The van der Waals surface area contributed by atoms with E-state index in [2.05, 4.69) is 10.0 Å². The average Bonchev–Trinajstić information content (AvgIpc) is 2.34. The minimum absolute atomic E-state index is 0. The number of methoxy groups -OCH3 is 1. The van der Waals surface area contributed by atoms with Crippen LogP contribution >= 0.6 is 12.4 Å². The Morgan fingerprint density at radius 3 is 2.67 bits per heavy atom. The fourth-order valence-electron chi connectivity index (χ4n) is 1.53. The predicted molar refractivity (Wildman–Crippen MR) is 83.9 cm³/mol. The molecule has 0 aliphatic heterocycles. The Hall–Kier alpha value is -1.35. The van der Waals surface area contributed by atoms with Crippen molar-refractivity contribution >= 4 is 34.0 Å². The maximum Gasteiger partial charge on any atom is 0.239 e. The molecule has 9 heteroatoms. The zero-order valence-corrected chi connectivity index (χ0v) is 13.5. The summed E-state index contributed by atoms with van der Waals surface area (Å²) in [4.78, 5) is 11.6. The van der Waals surface area contributed by atoms with Gasteiger partial charge in [-0.2, -0.15) is 0 Å². The summed E-state index contributed by atoms with van der Waals surface area (Å²) in [6, 6.07) is 6.02. The topological polar surface area (TPSA) is 111 Å². The van der Waals surface area contributed by atoms with E-state index < -0.39 is 16.1 Å². The first-order valence-corrected chi connectivity index (χ1v) is 7.80. The number of halogens is 1. The fourth-order valence-corrected chi connectivity index (χ4v) is 2.09. The number of rotatable bonds is 7. The van der Waals surface area contributed by atoms with Crippen LogP contribution in [0.5, 0.6) is 0 Å². The molecular weight excluding hydrogens is 318 g/mol. The first-order chi connectivity index (χ1) is 9.31. The lowest BCUT2D eigenvalue weighted by atomic mass is 10.2. The van der Waals surface area contributed by atoms with Gasteiger partial charge in [0.2, 0.25) is 15.9 Å². The van der Waals surface area contributed by atoms with Crippen LogP contribution in [0.3, 0.4) is 0 Å². The van der Waals surface area contributed by atoms with E-state index in [0.29, 0.717) is 5.69 Å². The normalized spacial score (nSPS) is 12.1.